The van der Waals surface area contributed by atoms with Gasteiger partial charge in [-0.15, -0.1) is 0 Å². The lowest BCUT2D eigenvalue weighted by molar-refractivity contribution is -0.138. The number of hydrogen-bond donors (Lipinski definition) is 6. The van der Waals surface area contributed by atoms with Gasteiger partial charge in [-0.25, -0.2) is 29.3 Å². The minimum atomic E-state index is -4.46. The van der Waals surface area contributed by atoms with Gasteiger partial charge in [-0.2, -0.15) is 39.5 Å². The number of aromatic carboxylic acids is 3. The topological polar surface area (TPSA) is 187 Å². The molecule has 0 bridgehead atoms. The number of halogens is 9. The molecule has 6 aromatic rings. The van der Waals surface area contributed by atoms with Crippen molar-refractivity contribution in [3.8, 4) is 0 Å². The predicted octanol–water partition coefficient (Wildman–Crippen LogP) is 10.2. The van der Waals surface area contributed by atoms with Gasteiger partial charge in [-0.05, 0) is 91.0 Å². The number of carboxylic acid groups (broad SMARTS) is 3. The van der Waals surface area contributed by atoms with Crippen molar-refractivity contribution in [1.82, 2.24) is 15.0 Å². The second kappa shape index (κ2) is 20.7. The van der Waals surface area contributed by atoms with Gasteiger partial charge in [0.2, 0.25) is 0 Å². The van der Waals surface area contributed by atoms with E-state index < -0.39 is 53.1 Å². The largest absolute Gasteiger partial charge is 0.478 e. The molecule has 3 radical (unpaired) electrons. The molecule has 0 aliphatic carbocycles. The fourth-order valence-corrected chi connectivity index (χ4v) is 4.76. The quantitative estimate of drug-likeness (QED) is 0.0597. The summed E-state index contributed by atoms with van der Waals surface area (Å²) in [6.45, 7) is 0. The summed E-state index contributed by atoms with van der Waals surface area (Å²) in [7, 11) is 0. The monoisotopic (exact) mass is 873 g/mol. The van der Waals surface area contributed by atoms with Crippen molar-refractivity contribution in [1.29, 1.82) is 0 Å². The summed E-state index contributed by atoms with van der Waals surface area (Å²) in [6, 6.07) is 21.6. The molecule has 22 heteroatoms. The molecule has 6 rings (SSSR count). The minimum absolute atomic E-state index is 0. The van der Waals surface area contributed by atoms with E-state index >= 15 is 0 Å². The van der Waals surface area contributed by atoms with Crippen LogP contribution in [0.25, 0.3) is 0 Å². The number of carbonyl (C=O) groups is 3. The van der Waals surface area contributed by atoms with Crippen LogP contribution in [0, 0.1) is 0 Å². The third kappa shape index (κ3) is 14.3. The number of rotatable bonds is 9. The van der Waals surface area contributed by atoms with Gasteiger partial charge >= 0.3 is 36.4 Å². The number of nitrogens with one attached hydrogen (secondary N) is 3. The van der Waals surface area contributed by atoms with E-state index in [0.717, 1.165) is 36.4 Å². The molecule has 3 aromatic carbocycles. The van der Waals surface area contributed by atoms with Crippen molar-refractivity contribution in [3.63, 3.8) is 0 Å². The number of nitrogens with zero attached hydrogens (tertiary/aromatic N) is 3. The number of carboxylic acids is 3. The van der Waals surface area contributed by atoms with Gasteiger partial charge in [-0.3, -0.25) is 0 Å². The number of benzene rings is 3. The van der Waals surface area contributed by atoms with E-state index in [0.29, 0.717) is 0 Å². The highest BCUT2D eigenvalue weighted by Gasteiger charge is 2.32. The Morgan fingerprint density at radius 2 is 0.656 bits per heavy atom. The zero-order chi connectivity index (χ0) is 44.3. The highest BCUT2D eigenvalue weighted by Crippen LogP contribution is 2.34. The molecule has 6 N–H and O–H groups in total. The van der Waals surface area contributed by atoms with Gasteiger partial charge in [0.1, 0.15) is 34.1 Å². The van der Waals surface area contributed by atoms with Gasteiger partial charge in [-0.1, -0.05) is 18.2 Å². The summed E-state index contributed by atoms with van der Waals surface area (Å²) in [4.78, 5) is 44.4. The Hall–Kier alpha value is -7.18. The van der Waals surface area contributed by atoms with Crippen LogP contribution in [0.5, 0.6) is 0 Å². The molecule has 315 valence electrons. The Morgan fingerprint density at radius 1 is 0.410 bits per heavy atom. The fraction of sp³-hybridized carbons (Fsp3) is 0.0769. The molecule has 3 heterocycles. The van der Waals surface area contributed by atoms with Crippen molar-refractivity contribution in [2.45, 2.75) is 18.5 Å². The van der Waals surface area contributed by atoms with Crippen molar-refractivity contribution in [2.75, 3.05) is 16.0 Å². The van der Waals surface area contributed by atoms with Crippen LogP contribution in [-0.4, -0.2) is 65.5 Å². The molecule has 0 spiro atoms. The maximum absolute atomic E-state index is 12.6. The molecular formula is C39H27AlF9N6O6. The molecule has 0 unspecified atom stereocenters. The van der Waals surface area contributed by atoms with Crippen LogP contribution in [0.1, 0.15) is 47.8 Å². The Labute approximate surface area is 348 Å². The third-order valence-electron chi connectivity index (χ3n) is 7.47. The molecular weight excluding hydrogens is 846 g/mol. The van der Waals surface area contributed by atoms with Crippen LogP contribution in [0.2, 0.25) is 0 Å². The SMILES string of the molecule is O=C(O)c1cccnc1Nc1cccc(C(F)(F)F)c1.O=C(O)c1cccnc1Nc1cccc(C(F)(F)F)c1.O=C(O)c1cccnc1Nc1cccc(C(F)(F)F)c1.[Al]. The maximum atomic E-state index is 12.6. The maximum Gasteiger partial charge on any atom is 0.416 e. The molecule has 12 nitrogen and oxygen atoms in total. The Bertz CT molecular complexity index is 2200. The second-order valence-corrected chi connectivity index (χ2v) is 11.7. The molecule has 0 saturated carbocycles. The van der Waals surface area contributed by atoms with Gasteiger partial charge in [0.05, 0.1) is 16.7 Å². The normalized spacial score (nSPS) is 11.0. The van der Waals surface area contributed by atoms with E-state index in [-0.39, 0.29) is 68.6 Å². The van der Waals surface area contributed by atoms with Gasteiger partial charge in [0, 0.05) is 53.0 Å². The lowest BCUT2D eigenvalue weighted by Gasteiger charge is -2.11. The number of alkyl halides is 9. The van der Waals surface area contributed by atoms with Gasteiger partial charge in [0.15, 0.2) is 0 Å². The summed E-state index contributed by atoms with van der Waals surface area (Å²) in [5.74, 6) is -3.69. The Balaban J connectivity index is 0.000000242. The average molecular weight is 874 g/mol. The lowest BCUT2D eigenvalue weighted by atomic mass is 10.2. The molecule has 61 heavy (non-hydrogen) atoms. The standard InChI is InChI=1S/3C13H9F3N2O2.Al/c3*14-13(15,16)8-3-1-4-9(7-8)18-11-10(12(19)20)5-2-6-17-11;/h3*1-7H,(H,17,18)(H,19,20);. The van der Waals surface area contributed by atoms with Crippen molar-refractivity contribution >= 4 is 69.8 Å². The molecule has 0 amide bonds. The summed E-state index contributed by atoms with van der Waals surface area (Å²) in [5, 5.41) is 34.6. The van der Waals surface area contributed by atoms with E-state index in [4.69, 9.17) is 15.3 Å². The van der Waals surface area contributed by atoms with Crippen molar-refractivity contribution in [2.24, 2.45) is 0 Å². The van der Waals surface area contributed by atoms with E-state index in [2.05, 4.69) is 30.9 Å². The third-order valence-corrected chi connectivity index (χ3v) is 7.47. The van der Waals surface area contributed by atoms with E-state index in [9.17, 15) is 53.9 Å². The first-order valence-electron chi connectivity index (χ1n) is 16.5. The molecule has 0 atom stereocenters. The van der Waals surface area contributed by atoms with Crippen LogP contribution in [0.3, 0.4) is 0 Å². The van der Waals surface area contributed by atoms with E-state index in [1.165, 1.54) is 91.4 Å². The van der Waals surface area contributed by atoms with Crippen molar-refractivity contribution < 1.29 is 69.2 Å². The summed E-state index contributed by atoms with van der Waals surface area (Å²) in [6.07, 6.45) is -9.33. The van der Waals surface area contributed by atoms with Crippen LogP contribution < -0.4 is 16.0 Å². The number of hydrogen-bond acceptors (Lipinski definition) is 9. The lowest BCUT2D eigenvalue weighted by Crippen LogP contribution is -2.07. The Morgan fingerprint density at radius 3 is 0.869 bits per heavy atom. The summed E-state index contributed by atoms with van der Waals surface area (Å²) < 4.78 is 113. The van der Waals surface area contributed by atoms with Crippen LogP contribution in [0.15, 0.2) is 128 Å². The van der Waals surface area contributed by atoms with E-state index in [1.54, 1.807) is 0 Å². The van der Waals surface area contributed by atoms with E-state index in [1.807, 2.05) is 0 Å². The molecule has 0 aliphatic rings. The van der Waals surface area contributed by atoms with Crippen molar-refractivity contribution in [3.05, 3.63) is 161 Å². The number of anilines is 6. The minimum Gasteiger partial charge on any atom is -0.478 e. The molecule has 0 fully saturated rings. The highest BCUT2D eigenvalue weighted by molar-refractivity contribution is 5.95. The average Bonchev–Trinajstić information content (AvgIpc) is 3.18. The van der Waals surface area contributed by atoms with Gasteiger partial charge in [0.25, 0.3) is 0 Å². The first-order chi connectivity index (χ1) is 28.1. The fourth-order valence-electron chi connectivity index (χ4n) is 4.76. The molecule has 0 saturated heterocycles. The van der Waals surface area contributed by atoms with Crippen LogP contribution in [-0.2, 0) is 18.5 Å². The Kier molecular flexibility index (Phi) is 16.3. The second-order valence-electron chi connectivity index (χ2n) is 11.7. The first-order valence-corrected chi connectivity index (χ1v) is 16.5. The van der Waals surface area contributed by atoms with Crippen LogP contribution in [0.4, 0.5) is 74.0 Å². The summed E-state index contributed by atoms with van der Waals surface area (Å²) >= 11 is 0. The zero-order valence-electron chi connectivity index (χ0n) is 30.5. The number of aromatic nitrogens is 3. The number of pyridine rings is 3. The van der Waals surface area contributed by atoms with Crippen LogP contribution >= 0.6 is 0 Å². The summed E-state index contributed by atoms with van der Waals surface area (Å²) in [5.41, 5.74) is -2.50. The van der Waals surface area contributed by atoms with Gasteiger partial charge < -0.3 is 31.3 Å². The smallest absolute Gasteiger partial charge is 0.416 e. The first kappa shape index (κ1) is 48.2. The predicted molar refractivity (Wildman–Crippen MR) is 204 cm³/mol. The highest BCUT2D eigenvalue weighted by atomic mass is 27.0. The molecule has 3 aromatic heterocycles. The molecule has 0 aliphatic heterocycles. The zero-order valence-corrected chi connectivity index (χ0v) is 31.7.